The summed E-state index contributed by atoms with van der Waals surface area (Å²) in [7, 11) is 0. The van der Waals surface area contributed by atoms with E-state index in [9.17, 15) is 4.79 Å². The molecule has 0 spiro atoms. The Bertz CT molecular complexity index is 388. The van der Waals surface area contributed by atoms with Crippen LogP contribution in [-0.4, -0.2) is 18.6 Å². The maximum Gasteiger partial charge on any atom is 0.307 e. The number of aryl methyl sites for hydroxylation is 1. The normalized spacial score (nSPS) is 12.0. The lowest BCUT2D eigenvalue weighted by molar-refractivity contribution is -0.143. The number of ether oxygens (including phenoxy) is 1. The van der Waals surface area contributed by atoms with Crippen molar-refractivity contribution in [1.82, 2.24) is 0 Å². The molecule has 1 rings (SSSR count). The minimum absolute atomic E-state index is 0.0783. The molecule has 1 N–H and O–H groups in total. The number of benzene rings is 1. The molecule has 0 aliphatic heterocycles. The van der Waals surface area contributed by atoms with Crippen LogP contribution in [0.15, 0.2) is 18.2 Å². The summed E-state index contributed by atoms with van der Waals surface area (Å²) in [5, 5.41) is 3.34. The summed E-state index contributed by atoms with van der Waals surface area (Å²) in [5.74, 6) is -0.155. The second kappa shape index (κ2) is 6.28. The highest BCUT2D eigenvalue weighted by molar-refractivity contribution is 5.71. The fourth-order valence-electron chi connectivity index (χ4n) is 1.69. The van der Waals surface area contributed by atoms with Gasteiger partial charge in [-0.15, -0.1) is 0 Å². The number of esters is 1. The summed E-state index contributed by atoms with van der Waals surface area (Å²) >= 11 is 0. The summed E-state index contributed by atoms with van der Waals surface area (Å²) in [6, 6.07) is 6.21. The van der Waals surface area contributed by atoms with Gasteiger partial charge in [-0.25, -0.2) is 0 Å². The molecule has 0 aliphatic rings. The largest absolute Gasteiger partial charge is 0.466 e. The molecule has 1 atom stereocenters. The summed E-state index contributed by atoms with van der Waals surface area (Å²) in [5.41, 5.74) is 3.56. The van der Waals surface area contributed by atoms with E-state index in [1.54, 1.807) is 0 Å². The zero-order valence-electron chi connectivity index (χ0n) is 11.0. The maximum absolute atomic E-state index is 11.3. The monoisotopic (exact) mass is 235 g/mol. The predicted molar refractivity (Wildman–Crippen MR) is 70.3 cm³/mol. The zero-order chi connectivity index (χ0) is 12.8. The topological polar surface area (TPSA) is 38.3 Å². The van der Waals surface area contributed by atoms with Crippen LogP contribution in [0, 0.1) is 13.8 Å². The zero-order valence-corrected chi connectivity index (χ0v) is 11.0. The number of rotatable bonds is 5. The predicted octanol–water partition coefficient (Wildman–Crippen LogP) is 3.06. The second-order valence-corrected chi connectivity index (χ2v) is 4.30. The van der Waals surface area contributed by atoms with Gasteiger partial charge in [-0.2, -0.15) is 0 Å². The third-order valence-corrected chi connectivity index (χ3v) is 2.78. The lowest BCUT2D eigenvalue weighted by Crippen LogP contribution is -2.21. The first-order chi connectivity index (χ1) is 8.04. The van der Waals surface area contributed by atoms with Gasteiger partial charge in [-0.3, -0.25) is 4.79 Å². The molecule has 3 nitrogen and oxygen atoms in total. The van der Waals surface area contributed by atoms with Crippen LogP contribution < -0.4 is 5.32 Å². The summed E-state index contributed by atoms with van der Waals surface area (Å²) in [6.45, 7) is 8.40. The number of hydrogen-bond acceptors (Lipinski definition) is 3. The van der Waals surface area contributed by atoms with Crippen LogP contribution in [0.25, 0.3) is 0 Å². The molecule has 0 aliphatic carbocycles. The number of nitrogens with one attached hydrogen (secondary N) is 1. The average molecular weight is 235 g/mol. The number of anilines is 1. The van der Waals surface area contributed by atoms with Crippen LogP contribution >= 0.6 is 0 Å². The van der Waals surface area contributed by atoms with Crippen molar-refractivity contribution in [1.29, 1.82) is 0 Å². The highest BCUT2D eigenvalue weighted by Gasteiger charge is 2.10. The van der Waals surface area contributed by atoms with E-state index in [1.165, 1.54) is 11.1 Å². The van der Waals surface area contributed by atoms with E-state index in [0.717, 1.165) is 5.69 Å². The molecule has 0 heterocycles. The van der Waals surface area contributed by atoms with Gasteiger partial charge in [0.15, 0.2) is 0 Å². The lowest BCUT2D eigenvalue weighted by Gasteiger charge is -2.17. The van der Waals surface area contributed by atoms with Crippen LogP contribution in [-0.2, 0) is 9.53 Å². The molecule has 0 saturated heterocycles. The molecule has 17 heavy (non-hydrogen) atoms. The highest BCUT2D eigenvalue weighted by Crippen LogP contribution is 2.19. The van der Waals surface area contributed by atoms with Gasteiger partial charge in [-0.05, 0) is 44.9 Å². The van der Waals surface area contributed by atoms with E-state index in [2.05, 4.69) is 25.2 Å². The molecule has 0 bridgehead atoms. The molecule has 1 aromatic rings. The fourth-order valence-corrected chi connectivity index (χ4v) is 1.69. The van der Waals surface area contributed by atoms with Crippen molar-refractivity contribution in [2.24, 2.45) is 0 Å². The first-order valence-electron chi connectivity index (χ1n) is 6.03. The molecule has 0 aromatic heterocycles. The Morgan fingerprint density at radius 2 is 2.12 bits per heavy atom. The van der Waals surface area contributed by atoms with Crippen LogP contribution in [0.3, 0.4) is 0 Å². The van der Waals surface area contributed by atoms with Gasteiger partial charge in [-0.1, -0.05) is 12.1 Å². The number of carbonyl (C=O) groups excluding carboxylic acids is 1. The van der Waals surface area contributed by atoms with Gasteiger partial charge >= 0.3 is 5.97 Å². The Labute approximate surface area is 103 Å². The van der Waals surface area contributed by atoms with Crippen LogP contribution in [0.2, 0.25) is 0 Å². The third kappa shape index (κ3) is 4.10. The SMILES string of the molecule is CCOC(=O)CC(C)Nc1cccc(C)c1C. The fraction of sp³-hybridized carbons (Fsp3) is 0.500. The molecule has 3 heteroatoms. The maximum atomic E-state index is 11.3. The number of hydrogen-bond donors (Lipinski definition) is 1. The van der Waals surface area contributed by atoms with Crippen molar-refractivity contribution in [3.8, 4) is 0 Å². The molecular weight excluding hydrogens is 214 g/mol. The molecule has 0 radical (unpaired) electrons. The average Bonchev–Trinajstić information content (AvgIpc) is 2.25. The van der Waals surface area contributed by atoms with Crippen molar-refractivity contribution >= 4 is 11.7 Å². The first kappa shape index (κ1) is 13.6. The van der Waals surface area contributed by atoms with Crippen molar-refractivity contribution in [2.45, 2.75) is 40.2 Å². The molecule has 0 amide bonds. The Morgan fingerprint density at radius 1 is 1.41 bits per heavy atom. The molecule has 0 saturated carbocycles. The van der Waals surface area contributed by atoms with Crippen LogP contribution in [0.1, 0.15) is 31.4 Å². The smallest absolute Gasteiger partial charge is 0.307 e. The van der Waals surface area contributed by atoms with E-state index >= 15 is 0 Å². The second-order valence-electron chi connectivity index (χ2n) is 4.30. The Hall–Kier alpha value is -1.51. The van der Waals surface area contributed by atoms with E-state index in [1.807, 2.05) is 26.0 Å². The Morgan fingerprint density at radius 3 is 2.76 bits per heavy atom. The van der Waals surface area contributed by atoms with Crippen LogP contribution in [0.5, 0.6) is 0 Å². The molecule has 0 fully saturated rings. The minimum Gasteiger partial charge on any atom is -0.466 e. The number of carbonyl (C=O) groups is 1. The van der Waals surface area contributed by atoms with Gasteiger partial charge in [0.25, 0.3) is 0 Å². The van der Waals surface area contributed by atoms with Gasteiger partial charge < -0.3 is 10.1 Å². The van der Waals surface area contributed by atoms with Crippen molar-refractivity contribution in [3.05, 3.63) is 29.3 Å². The third-order valence-electron chi connectivity index (χ3n) is 2.78. The van der Waals surface area contributed by atoms with Crippen molar-refractivity contribution in [3.63, 3.8) is 0 Å². The van der Waals surface area contributed by atoms with Crippen molar-refractivity contribution in [2.75, 3.05) is 11.9 Å². The van der Waals surface area contributed by atoms with Gasteiger partial charge in [0.1, 0.15) is 0 Å². The van der Waals surface area contributed by atoms with Gasteiger partial charge in [0.2, 0.25) is 0 Å². The molecule has 94 valence electrons. The Balaban J connectivity index is 2.59. The van der Waals surface area contributed by atoms with Gasteiger partial charge in [0.05, 0.1) is 13.0 Å². The molecule has 1 unspecified atom stereocenters. The Kier molecular flexibility index (Phi) is 5.01. The van der Waals surface area contributed by atoms with E-state index in [-0.39, 0.29) is 12.0 Å². The standard InChI is InChI=1S/C14H21NO2/c1-5-17-14(16)9-11(3)15-13-8-6-7-10(2)12(13)4/h6-8,11,15H,5,9H2,1-4H3. The molecular formula is C14H21NO2. The van der Waals surface area contributed by atoms with Crippen molar-refractivity contribution < 1.29 is 9.53 Å². The lowest BCUT2D eigenvalue weighted by atomic mass is 10.1. The summed E-state index contributed by atoms with van der Waals surface area (Å²) < 4.78 is 4.93. The first-order valence-corrected chi connectivity index (χ1v) is 6.03. The highest BCUT2D eigenvalue weighted by atomic mass is 16.5. The summed E-state index contributed by atoms with van der Waals surface area (Å²) in [6.07, 6.45) is 0.390. The van der Waals surface area contributed by atoms with Crippen LogP contribution in [0.4, 0.5) is 5.69 Å². The van der Waals surface area contributed by atoms with E-state index in [0.29, 0.717) is 13.0 Å². The summed E-state index contributed by atoms with van der Waals surface area (Å²) in [4.78, 5) is 11.3. The van der Waals surface area contributed by atoms with E-state index in [4.69, 9.17) is 4.74 Å². The minimum atomic E-state index is -0.155. The molecule has 1 aromatic carbocycles. The van der Waals surface area contributed by atoms with Gasteiger partial charge in [0, 0.05) is 11.7 Å². The van der Waals surface area contributed by atoms with E-state index < -0.39 is 0 Å². The quantitative estimate of drug-likeness (QED) is 0.797.